The van der Waals surface area contributed by atoms with Crippen LogP contribution in [-0.4, -0.2) is 30.1 Å². The summed E-state index contributed by atoms with van der Waals surface area (Å²) >= 11 is 0. The number of esters is 1. The third-order valence-electron chi connectivity index (χ3n) is 4.24. The van der Waals surface area contributed by atoms with Crippen LogP contribution in [0.25, 0.3) is 6.08 Å². The molecule has 1 aliphatic carbocycles. The molecule has 6 nitrogen and oxygen atoms in total. The van der Waals surface area contributed by atoms with Gasteiger partial charge in [0.05, 0.1) is 5.56 Å². The molecule has 1 aromatic rings. The van der Waals surface area contributed by atoms with E-state index in [2.05, 4.69) is 10.6 Å². The molecule has 0 saturated heterocycles. The van der Waals surface area contributed by atoms with Crippen molar-refractivity contribution >= 4 is 24.0 Å². The second-order valence-electron chi connectivity index (χ2n) is 6.48. The van der Waals surface area contributed by atoms with Crippen LogP contribution in [0, 0.1) is 0 Å². The molecule has 9 heteroatoms. The van der Waals surface area contributed by atoms with Crippen LogP contribution in [0.3, 0.4) is 0 Å². The topological polar surface area (TPSA) is 84.5 Å². The number of amides is 3. The molecule has 1 fully saturated rings. The fourth-order valence-corrected chi connectivity index (χ4v) is 2.72. The van der Waals surface area contributed by atoms with Gasteiger partial charge in [-0.25, -0.2) is 9.59 Å². The highest BCUT2D eigenvalue weighted by atomic mass is 19.4. The Hall–Kier alpha value is -2.84. The zero-order chi connectivity index (χ0) is 20.7. The minimum Gasteiger partial charge on any atom is -0.449 e. The highest BCUT2D eigenvalue weighted by molar-refractivity contribution is 5.98. The SMILES string of the molecule is C[C@H](OC(=O)/C=C/c1ccc(C(F)(F)F)cc1)C(=O)NC(=O)NC1CCCC1. The molecule has 1 aromatic carbocycles. The number of alkyl halides is 3. The van der Waals surface area contributed by atoms with Crippen molar-refractivity contribution in [3.05, 3.63) is 41.5 Å². The van der Waals surface area contributed by atoms with Crippen LogP contribution < -0.4 is 10.6 Å². The fourth-order valence-electron chi connectivity index (χ4n) is 2.72. The molecule has 1 saturated carbocycles. The monoisotopic (exact) mass is 398 g/mol. The van der Waals surface area contributed by atoms with Gasteiger partial charge in [0, 0.05) is 12.1 Å². The van der Waals surface area contributed by atoms with Crippen LogP contribution in [0.1, 0.15) is 43.7 Å². The van der Waals surface area contributed by atoms with Gasteiger partial charge < -0.3 is 10.1 Å². The highest BCUT2D eigenvalue weighted by Crippen LogP contribution is 2.29. The van der Waals surface area contributed by atoms with Crippen LogP contribution in [0.5, 0.6) is 0 Å². The lowest BCUT2D eigenvalue weighted by Crippen LogP contribution is -2.47. The predicted molar refractivity (Wildman–Crippen MR) is 95.0 cm³/mol. The number of imide groups is 1. The molecule has 3 amide bonds. The first kappa shape index (κ1) is 21.5. The van der Waals surface area contributed by atoms with Crippen molar-refractivity contribution in [3.63, 3.8) is 0 Å². The number of carbonyl (C=O) groups is 3. The Bertz CT molecular complexity index is 739. The summed E-state index contributed by atoms with van der Waals surface area (Å²) in [5, 5.41) is 4.78. The molecule has 0 aromatic heterocycles. The predicted octanol–water partition coefficient (Wildman–Crippen LogP) is 3.42. The van der Waals surface area contributed by atoms with E-state index in [1.807, 2.05) is 0 Å². The molecule has 1 aliphatic rings. The summed E-state index contributed by atoms with van der Waals surface area (Å²) in [5.41, 5.74) is -0.439. The minimum atomic E-state index is -4.44. The molecule has 0 heterocycles. The van der Waals surface area contributed by atoms with E-state index >= 15 is 0 Å². The summed E-state index contributed by atoms with van der Waals surface area (Å²) in [4.78, 5) is 35.4. The van der Waals surface area contributed by atoms with E-state index in [0.717, 1.165) is 43.9 Å². The maximum atomic E-state index is 12.5. The highest BCUT2D eigenvalue weighted by Gasteiger charge is 2.29. The largest absolute Gasteiger partial charge is 0.449 e. The first-order valence-corrected chi connectivity index (χ1v) is 8.82. The van der Waals surface area contributed by atoms with Gasteiger partial charge in [-0.1, -0.05) is 25.0 Å². The first-order chi connectivity index (χ1) is 13.1. The smallest absolute Gasteiger partial charge is 0.416 e. The number of halogens is 3. The van der Waals surface area contributed by atoms with E-state index in [4.69, 9.17) is 4.74 Å². The van der Waals surface area contributed by atoms with Crippen molar-refractivity contribution in [1.29, 1.82) is 0 Å². The Morgan fingerprint density at radius 3 is 2.32 bits per heavy atom. The van der Waals surface area contributed by atoms with Gasteiger partial charge in [-0.3, -0.25) is 10.1 Å². The van der Waals surface area contributed by atoms with Gasteiger partial charge in [0.25, 0.3) is 5.91 Å². The van der Waals surface area contributed by atoms with E-state index < -0.39 is 35.8 Å². The Labute approximate surface area is 160 Å². The van der Waals surface area contributed by atoms with Crippen LogP contribution in [0.15, 0.2) is 30.3 Å². The molecule has 0 spiro atoms. The Morgan fingerprint density at radius 2 is 1.75 bits per heavy atom. The third kappa shape index (κ3) is 6.71. The average molecular weight is 398 g/mol. The molecule has 28 heavy (non-hydrogen) atoms. The molecular weight excluding hydrogens is 377 g/mol. The maximum absolute atomic E-state index is 12.5. The van der Waals surface area contributed by atoms with Crippen molar-refractivity contribution in [1.82, 2.24) is 10.6 Å². The fraction of sp³-hybridized carbons (Fsp3) is 0.421. The quantitative estimate of drug-likeness (QED) is 0.588. The van der Waals surface area contributed by atoms with Crippen LogP contribution in [-0.2, 0) is 20.5 Å². The number of rotatable bonds is 5. The standard InChI is InChI=1S/C19H21F3N2O4/c1-12(17(26)24-18(27)23-15-4-2-3-5-15)28-16(25)11-8-13-6-9-14(10-7-13)19(20,21)22/h6-12,15H,2-5H2,1H3,(H2,23,24,26,27)/b11-8+/t12-/m0/s1. The number of hydrogen-bond donors (Lipinski definition) is 2. The molecule has 0 radical (unpaired) electrons. The normalized spacial score (nSPS) is 16.0. The number of ether oxygens (including phenoxy) is 1. The van der Waals surface area contributed by atoms with Gasteiger partial charge in [-0.2, -0.15) is 13.2 Å². The van der Waals surface area contributed by atoms with Gasteiger partial charge in [0.15, 0.2) is 6.10 Å². The summed E-state index contributed by atoms with van der Waals surface area (Å²) in [6.07, 6.45) is 0.385. The lowest BCUT2D eigenvalue weighted by molar-refractivity contribution is -0.149. The van der Waals surface area contributed by atoms with Gasteiger partial charge in [0.2, 0.25) is 0 Å². The molecular formula is C19H21F3N2O4. The maximum Gasteiger partial charge on any atom is 0.416 e. The lowest BCUT2D eigenvalue weighted by Gasteiger charge is -2.15. The molecule has 0 bridgehead atoms. The molecule has 2 N–H and O–H groups in total. The Kier molecular flexibility index (Phi) is 7.19. The van der Waals surface area contributed by atoms with Crippen molar-refractivity contribution in [2.75, 3.05) is 0 Å². The molecule has 152 valence electrons. The van der Waals surface area contributed by atoms with E-state index in [1.165, 1.54) is 25.1 Å². The van der Waals surface area contributed by atoms with Gasteiger partial charge in [0.1, 0.15) is 0 Å². The molecule has 0 aliphatic heterocycles. The van der Waals surface area contributed by atoms with Crippen LogP contribution in [0.2, 0.25) is 0 Å². The number of urea groups is 1. The third-order valence-corrected chi connectivity index (χ3v) is 4.24. The summed E-state index contributed by atoms with van der Waals surface area (Å²) < 4.78 is 42.4. The molecule has 1 atom stereocenters. The van der Waals surface area contributed by atoms with Crippen molar-refractivity contribution in [2.45, 2.75) is 50.9 Å². The van der Waals surface area contributed by atoms with Crippen LogP contribution >= 0.6 is 0 Å². The van der Waals surface area contributed by atoms with Crippen molar-refractivity contribution in [2.24, 2.45) is 0 Å². The van der Waals surface area contributed by atoms with Crippen molar-refractivity contribution in [3.8, 4) is 0 Å². The first-order valence-electron chi connectivity index (χ1n) is 8.82. The number of benzene rings is 1. The summed E-state index contributed by atoms with van der Waals surface area (Å²) in [5.74, 6) is -1.63. The zero-order valence-electron chi connectivity index (χ0n) is 15.2. The van der Waals surface area contributed by atoms with E-state index in [9.17, 15) is 27.6 Å². The zero-order valence-corrected chi connectivity index (χ0v) is 15.2. The van der Waals surface area contributed by atoms with E-state index in [1.54, 1.807) is 0 Å². The summed E-state index contributed by atoms with van der Waals surface area (Å²) in [7, 11) is 0. The van der Waals surface area contributed by atoms with Gasteiger partial charge >= 0.3 is 18.2 Å². The summed E-state index contributed by atoms with van der Waals surface area (Å²) in [6.45, 7) is 1.31. The lowest BCUT2D eigenvalue weighted by atomic mass is 10.1. The van der Waals surface area contributed by atoms with Crippen molar-refractivity contribution < 1.29 is 32.3 Å². The van der Waals surface area contributed by atoms with Gasteiger partial charge in [-0.15, -0.1) is 0 Å². The number of nitrogens with one attached hydrogen (secondary N) is 2. The number of carbonyl (C=O) groups excluding carboxylic acids is 3. The van der Waals surface area contributed by atoms with Crippen LogP contribution in [0.4, 0.5) is 18.0 Å². The Balaban J connectivity index is 1.79. The second-order valence-corrected chi connectivity index (χ2v) is 6.48. The molecule has 0 unspecified atom stereocenters. The number of hydrogen-bond acceptors (Lipinski definition) is 4. The van der Waals surface area contributed by atoms with E-state index in [-0.39, 0.29) is 6.04 Å². The second kappa shape index (κ2) is 9.38. The summed E-state index contributed by atoms with van der Waals surface area (Å²) in [6, 6.07) is 3.60. The average Bonchev–Trinajstić information content (AvgIpc) is 3.12. The van der Waals surface area contributed by atoms with Gasteiger partial charge in [-0.05, 0) is 43.5 Å². The van der Waals surface area contributed by atoms with E-state index in [0.29, 0.717) is 5.56 Å². The molecule has 2 rings (SSSR count). The Morgan fingerprint density at radius 1 is 1.14 bits per heavy atom. The minimum absolute atomic E-state index is 0.0392.